The number of carbonyl (C=O) groups is 1. The van der Waals surface area contributed by atoms with Gasteiger partial charge in [-0.15, -0.1) is 0 Å². The number of hydrogen-bond donors (Lipinski definition) is 2. The van der Waals surface area contributed by atoms with Crippen LogP contribution < -0.4 is 10.1 Å². The minimum Gasteiger partial charge on any atom is -0.439 e. The van der Waals surface area contributed by atoms with Crippen LogP contribution in [0.1, 0.15) is 34.9 Å². The van der Waals surface area contributed by atoms with Gasteiger partial charge < -0.3 is 10.1 Å². The molecule has 1 aromatic carbocycles. The molecule has 4 rings (SSSR count). The summed E-state index contributed by atoms with van der Waals surface area (Å²) in [5.74, 6) is 1.41. The van der Waals surface area contributed by atoms with Crippen molar-refractivity contribution in [2.45, 2.75) is 18.8 Å². The first-order valence-corrected chi connectivity index (χ1v) is 8.73. The maximum Gasteiger partial charge on any atom is 0.276 e. The highest BCUT2D eigenvalue weighted by Crippen LogP contribution is 2.39. The van der Waals surface area contributed by atoms with E-state index in [1.54, 1.807) is 18.3 Å². The van der Waals surface area contributed by atoms with Gasteiger partial charge >= 0.3 is 0 Å². The van der Waals surface area contributed by atoms with Crippen molar-refractivity contribution in [2.24, 2.45) is 0 Å². The first-order chi connectivity index (χ1) is 12.2. The molecule has 2 heterocycles. The summed E-state index contributed by atoms with van der Waals surface area (Å²) in [6.07, 6.45) is 3.87. The number of ether oxygens (including phenoxy) is 1. The minimum atomic E-state index is -0.259. The van der Waals surface area contributed by atoms with Crippen LogP contribution >= 0.6 is 15.9 Å². The Labute approximate surface area is 152 Å². The summed E-state index contributed by atoms with van der Waals surface area (Å²) >= 11 is 3.39. The molecule has 1 fully saturated rings. The summed E-state index contributed by atoms with van der Waals surface area (Å²) in [5.41, 5.74) is 2.00. The summed E-state index contributed by atoms with van der Waals surface area (Å²) in [6, 6.07) is 12.8. The second kappa shape index (κ2) is 6.68. The molecule has 0 unspecified atom stereocenters. The first-order valence-electron chi connectivity index (χ1n) is 7.93. The molecule has 1 amide bonds. The third kappa shape index (κ3) is 3.88. The molecule has 2 N–H and O–H groups in total. The zero-order valence-corrected chi connectivity index (χ0v) is 14.8. The number of hydrogen-bond acceptors (Lipinski definition) is 4. The van der Waals surface area contributed by atoms with Gasteiger partial charge in [0.05, 0.1) is 11.9 Å². The van der Waals surface area contributed by atoms with E-state index in [0.29, 0.717) is 28.9 Å². The number of amides is 1. The van der Waals surface area contributed by atoms with Crippen molar-refractivity contribution in [2.75, 3.05) is 5.32 Å². The summed E-state index contributed by atoms with van der Waals surface area (Å²) < 4.78 is 6.60. The number of H-pyrrole nitrogens is 1. The number of rotatable bonds is 5. The van der Waals surface area contributed by atoms with Gasteiger partial charge in [0, 0.05) is 22.2 Å². The highest BCUT2D eigenvalue weighted by molar-refractivity contribution is 9.10. The van der Waals surface area contributed by atoms with E-state index >= 15 is 0 Å². The molecule has 1 saturated carbocycles. The van der Waals surface area contributed by atoms with Crippen molar-refractivity contribution in [3.8, 4) is 11.6 Å². The fraction of sp³-hybridized carbons (Fsp3) is 0.167. The average molecular weight is 399 g/mol. The molecule has 1 aliphatic carbocycles. The van der Waals surface area contributed by atoms with Gasteiger partial charge in [-0.25, -0.2) is 4.98 Å². The molecule has 0 saturated heterocycles. The number of benzene rings is 1. The van der Waals surface area contributed by atoms with Crippen LogP contribution in [0.25, 0.3) is 0 Å². The van der Waals surface area contributed by atoms with Gasteiger partial charge in [-0.2, -0.15) is 5.10 Å². The zero-order valence-electron chi connectivity index (χ0n) is 13.2. The van der Waals surface area contributed by atoms with Gasteiger partial charge in [0.1, 0.15) is 5.75 Å². The van der Waals surface area contributed by atoms with Crippen molar-refractivity contribution in [1.29, 1.82) is 0 Å². The topological polar surface area (TPSA) is 79.9 Å². The van der Waals surface area contributed by atoms with Crippen LogP contribution in [0.15, 0.2) is 53.1 Å². The summed E-state index contributed by atoms with van der Waals surface area (Å²) in [6.45, 7) is 0. The SMILES string of the molecule is O=C(Nc1ccc(Oc2cccc(Br)c2)nc1)c1cc(C2CC2)[nH]n1. The van der Waals surface area contributed by atoms with Crippen LogP contribution in [-0.4, -0.2) is 21.1 Å². The Bertz CT molecular complexity index is 903. The van der Waals surface area contributed by atoms with Gasteiger partial charge in [-0.3, -0.25) is 9.89 Å². The quantitative estimate of drug-likeness (QED) is 0.663. The first kappa shape index (κ1) is 15.8. The molecule has 1 aliphatic rings. The van der Waals surface area contributed by atoms with Gasteiger partial charge in [-0.1, -0.05) is 22.0 Å². The highest BCUT2D eigenvalue weighted by atomic mass is 79.9. The summed E-state index contributed by atoms with van der Waals surface area (Å²) in [4.78, 5) is 16.4. The molecular formula is C18H15BrN4O2. The Kier molecular flexibility index (Phi) is 4.23. The molecule has 0 atom stereocenters. The number of nitrogens with one attached hydrogen (secondary N) is 2. The number of aromatic amines is 1. The van der Waals surface area contributed by atoms with Crippen LogP contribution in [0.2, 0.25) is 0 Å². The van der Waals surface area contributed by atoms with Crippen LogP contribution in [0, 0.1) is 0 Å². The van der Waals surface area contributed by atoms with Crippen molar-refractivity contribution >= 4 is 27.5 Å². The summed E-state index contributed by atoms with van der Waals surface area (Å²) in [7, 11) is 0. The van der Waals surface area contributed by atoms with Gasteiger partial charge in [0.15, 0.2) is 5.69 Å². The lowest BCUT2D eigenvalue weighted by atomic mass is 10.2. The zero-order chi connectivity index (χ0) is 17.2. The monoisotopic (exact) mass is 398 g/mol. The molecule has 3 aromatic rings. The summed E-state index contributed by atoms with van der Waals surface area (Å²) in [5, 5.41) is 9.78. The molecule has 126 valence electrons. The fourth-order valence-corrected chi connectivity index (χ4v) is 2.80. The molecule has 2 aromatic heterocycles. The Morgan fingerprint density at radius 2 is 2.12 bits per heavy atom. The van der Waals surface area contributed by atoms with E-state index in [9.17, 15) is 4.79 Å². The van der Waals surface area contributed by atoms with E-state index in [2.05, 4.69) is 36.4 Å². The minimum absolute atomic E-state index is 0.259. The van der Waals surface area contributed by atoms with Gasteiger partial charge in [0.25, 0.3) is 5.91 Å². The lowest BCUT2D eigenvalue weighted by Crippen LogP contribution is -2.12. The largest absolute Gasteiger partial charge is 0.439 e. The molecule has 7 heteroatoms. The number of anilines is 1. The second-order valence-electron chi connectivity index (χ2n) is 5.88. The van der Waals surface area contributed by atoms with Crippen LogP contribution in [-0.2, 0) is 0 Å². The predicted molar refractivity (Wildman–Crippen MR) is 97.0 cm³/mol. The number of pyridine rings is 1. The smallest absolute Gasteiger partial charge is 0.276 e. The van der Waals surface area contributed by atoms with E-state index in [0.717, 1.165) is 23.0 Å². The standard InChI is InChI=1S/C18H15BrN4O2/c19-12-2-1-3-14(8-12)25-17-7-6-13(10-20-17)21-18(24)16-9-15(22-23-16)11-4-5-11/h1-3,6-11H,4-5H2,(H,21,24)(H,22,23). The van der Waals surface area contributed by atoms with Gasteiger partial charge in [-0.05, 0) is 43.2 Å². The molecule has 0 aliphatic heterocycles. The third-order valence-electron chi connectivity index (χ3n) is 3.86. The number of halogens is 1. The molecule has 0 radical (unpaired) electrons. The van der Waals surface area contributed by atoms with E-state index < -0.39 is 0 Å². The van der Waals surface area contributed by atoms with Crippen LogP contribution in [0.3, 0.4) is 0 Å². The van der Waals surface area contributed by atoms with Gasteiger partial charge in [0.2, 0.25) is 5.88 Å². The molecule has 0 spiro atoms. The van der Waals surface area contributed by atoms with E-state index in [1.807, 2.05) is 30.3 Å². The van der Waals surface area contributed by atoms with E-state index in [1.165, 1.54) is 0 Å². The van der Waals surface area contributed by atoms with E-state index in [-0.39, 0.29) is 5.91 Å². The van der Waals surface area contributed by atoms with Crippen molar-refractivity contribution in [1.82, 2.24) is 15.2 Å². The Morgan fingerprint density at radius 3 is 2.84 bits per heavy atom. The lowest BCUT2D eigenvalue weighted by Gasteiger charge is -2.06. The Morgan fingerprint density at radius 1 is 1.24 bits per heavy atom. The maximum atomic E-state index is 12.2. The van der Waals surface area contributed by atoms with Crippen LogP contribution in [0.5, 0.6) is 11.6 Å². The number of nitrogens with zero attached hydrogens (tertiary/aromatic N) is 2. The molecule has 0 bridgehead atoms. The highest BCUT2D eigenvalue weighted by Gasteiger charge is 2.26. The fourth-order valence-electron chi connectivity index (χ4n) is 2.42. The maximum absolute atomic E-state index is 12.2. The number of aromatic nitrogens is 3. The Balaban J connectivity index is 1.40. The average Bonchev–Trinajstić information content (AvgIpc) is 3.33. The van der Waals surface area contributed by atoms with Crippen LogP contribution in [0.4, 0.5) is 5.69 Å². The number of carbonyl (C=O) groups excluding carboxylic acids is 1. The van der Waals surface area contributed by atoms with Crippen molar-refractivity contribution in [3.63, 3.8) is 0 Å². The second-order valence-corrected chi connectivity index (χ2v) is 6.80. The third-order valence-corrected chi connectivity index (χ3v) is 4.35. The Hall–Kier alpha value is -2.67. The van der Waals surface area contributed by atoms with Crippen molar-refractivity contribution in [3.05, 3.63) is 64.5 Å². The predicted octanol–water partition coefficient (Wildman–Crippen LogP) is 4.49. The molecular weight excluding hydrogens is 384 g/mol. The van der Waals surface area contributed by atoms with Crippen molar-refractivity contribution < 1.29 is 9.53 Å². The normalized spacial score (nSPS) is 13.5. The van der Waals surface area contributed by atoms with E-state index in [4.69, 9.17) is 4.74 Å². The molecule has 25 heavy (non-hydrogen) atoms. The molecule has 6 nitrogen and oxygen atoms in total. The lowest BCUT2D eigenvalue weighted by molar-refractivity contribution is 0.102.